The minimum atomic E-state index is -4.28. The minimum absolute atomic E-state index is 0.520. The molecule has 2 rings (SSSR count). The topological polar surface area (TPSA) is 29.9 Å². The third-order valence-corrected chi connectivity index (χ3v) is 3.04. The highest BCUT2D eigenvalue weighted by Crippen LogP contribution is 2.29. The molecule has 0 radical (unpaired) electrons. The van der Waals surface area contributed by atoms with E-state index in [1.165, 1.54) is 12.1 Å². The van der Waals surface area contributed by atoms with E-state index in [1.54, 1.807) is 4.68 Å². The summed E-state index contributed by atoms with van der Waals surface area (Å²) in [5.74, 6) is 0. The van der Waals surface area contributed by atoms with Gasteiger partial charge in [-0.25, -0.2) is 0 Å². The van der Waals surface area contributed by atoms with Gasteiger partial charge in [0.05, 0.1) is 11.3 Å². The van der Waals surface area contributed by atoms with Crippen LogP contribution in [0.4, 0.5) is 13.2 Å². The van der Waals surface area contributed by atoms with Crippen molar-refractivity contribution in [2.45, 2.75) is 26.2 Å². The molecule has 0 spiro atoms. The van der Waals surface area contributed by atoms with Crippen LogP contribution in [0.2, 0.25) is 0 Å². The first kappa shape index (κ1) is 14.6. The van der Waals surface area contributed by atoms with Crippen molar-refractivity contribution in [3.63, 3.8) is 0 Å². The number of aromatic nitrogens is 2. The molecule has 6 heteroatoms. The third-order valence-electron chi connectivity index (χ3n) is 3.04. The van der Waals surface area contributed by atoms with E-state index in [2.05, 4.69) is 10.4 Å². The molecule has 0 saturated carbocycles. The van der Waals surface area contributed by atoms with Crippen molar-refractivity contribution in [3.05, 3.63) is 52.8 Å². The van der Waals surface area contributed by atoms with Crippen LogP contribution in [-0.2, 0) is 26.3 Å². The number of nitrogens with zero attached hydrogens (tertiary/aromatic N) is 2. The summed E-state index contributed by atoms with van der Waals surface area (Å²) >= 11 is 0. The predicted molar refractivity (Wildman–Crippen MR) is 69.9 cm³/mol. The second kappa shape index (κ2) is 5.66. The van der Waals surface area contributed by atoms with Crippen molar-refractivity contribution in [3.8, 4) is 0 Å². The van der Waals surface area contributed by atoms with Gasteiger partial charge in [-0.3, -0.25) is 4.68 Å². The zero-order valence-corrected chi connectivity index (χ0v) is 11.3. The summed E-state index contributed by atoms with van der Waals surface area (Å²) in [6.07, 6.45) is -2.35. The van der Waals surface area contributed by atoms with Crippen LogP contribution in [0.3, 0.4) is 0 Å². The van der Waals surface area contributed by atoms with Crippen molar-refractivity contribution in [2.75, 3.05) is 0 Å². The average Bonchev–Trinajstić information content (AvgIpc) is 2.67. The maximum atomic E-state index is 12.4. The fourth-order valence-corrected chi connectivity index (χ4v) is 1.98. The number of alkyl halides is 3. The van der Waals surface area contributed by atoms with E-state index >= 15 is 0 Å². The highest BCUT2D eigenvalue weighted by molar-refractivity contribution is 5.24. The Labute approximate surface area is 115 Å². The molecule has 0 atom stereocenters. The maximum absolute atomic E-state index is 12.4. The van der Waals surface area contributed by atoms with E-state index in [-0.39, 0.29) is 0 Å². The van der Waals surface area contributed by atoms with E-state index < -0.39 is 11.7 Å². The molecule has 1 aromatic heterocycles. The van der Waals surface area contributed by atoms with Gasteiger partial charge >= 0.3 is 6.18 Å². The van der Waals surface area contributed by atoms with Crippen LogP contribution in [0.25, 0.3) is 0 Å². The molecule has 0 aliphatic rings. The Morgan fingerprint density at radius 1 is 1.15 bits per heavy atom. The summed E-state index contributed by atoms with van der Waals surface area (Å²) in [7, 11) is 1.85. The van der Waals surface area contributed by atoms with Gasteiger partial charge < -0.3 is 5.32 Å². The van der Waals surface area contributed by atoms with Crippen LogP contribution >= 0.6 is 0 Å². The van der Waals surface area contributed by atoms with Gasteiger partial charge in [0.2, 0.25) is 0 Å². The average molecular weight is 283 g/mol. The maximum Gasteiger partial charge on any atom is 0.416 e. The van der Waals surface area contributed by atoms with Crippen LogP contribution in [0.1, 0.15) is 22.4 Å². The Bertz CT molecular complexity index is 570. The Morgan fingerprint density at radius 3 is 2.30 bits per heavy atom. The van der Waals surface area contributed by atoms with Crippen molar-refractivity contribution < 1.29 is 13.2 Å². The molecule has 0 bridgehead atoms. The summed E-state index contributed by atoms with van der Waals surface area (Å²) in [5, 5.41) is 7.42. The number of hydrogen-bond donors (Lipinski definition) is 1. The zero-order valence-electron chi connectivity index (χ0n) is 11.3. The minimum Gasteiger partial charge on any atom is -0.308 e. The molecule has 0 aliphatic heterocycles. The Hall–Kier alpha value is -1.82. The quantitative estimate of drug-likeness (QED) is 0.934. The number of benzene rings is 1. The van der Waals surface area contributed by atoms with Gasteiger partial charge in [-0.15, -0.1) is 0 Å². The molecule has 3 nitrogen and oxygen atoms in total. The number of aryl methyl sites for hydroxylation is 2. The van der Waals surface area contributed by atoms with Crippen LogP contribution in [0.5, 0.6) is 0 Å². The first-order valence-electron chi connectivity index (χ1n) is 6.22. The highest BCUT2D eigenvalue weighted by Gasteiger charge is 2.29. The number of rotatable bonds is 4. The summed E-state index contributed by atoms with van der Waals surface area (Å²) < 4.78 is 39.0. The second-order valence-electron chi connectivity index (χ2n) is 4.71. The van der Waals surface area contributed by atoms with Crippen molar-refractivity contribution >= 4 is 0 Å². The van der Waals surface area contributed by atoms with Gasteiger partial charge in [0.1, 0.15) is 0 Å². The molecule has 20 heavy (non-hydrogen) atoms. The van der Waals surface area contributed by atoms with E-state index in [9.17, 15) is 13.2 Å². The SMILES string of the molecule is Cc1nn(C)cc1CNCc1ccc(C(F)(F)F)cc1. The molecule has 1 N–H and O–H groups in total. The molecular formula is C14H16F3N3. The predicted octanol–water partition coefficient (Wildman–Crippen LogP) is 3.04. The van der Waals surface area contributed by atoms with E-state index in [1.807, 2.05) is 20.2 Å². The first-order chi connectivity index (χ1) is 9.36. The molecule has 0 unspecified atom stereocenters. The number of hydrogen-bond acceptors (Lipinski definition) is 2. The van der Waals surface area contributed by atoms with Gasteiger partial charge in [0, 0.05) is 31.9 Å². The molecular weight excluding hydrogens is 267 g/mol. The van der Waals surface area contributed by atoms with Crippen LogP contribution in [0.15, 0.2) is 30.5 Å². The molecule has 1 heterocycles. The van der Waals surface area contributed by atoms with E-state index in [4.69, 9.17) is 0 Å². The molecule has 0 fully saturated rings. The van der Waals surface area contributed by atoms with E-state index in [0.29, 0.717) is 13.1 Å². The van der Waals surface area contributed by atoms with Crippen molar-refractivity contribution in [1.29, 1.82) is 0 Å². The first-order valence-corrected chi connectivity index (χ1v) is 6.22. The Morgan fingerprint density at radius 2 is 1.80 bits per heavy atom. The number of halogens is 3. The Balaban J connectivity index is 1.90. The van der Waals surface area contributed by atoms with Crippen molar-refractivity contribution in [1.82, 2.24) is 15.1 Å². The molecule has 0 saturated heterocycles. The van der Waals surface area contributed by atoms with Crippen LogP contribution in [0, 0.1) is 6.92 Å². The Kier molecular flexibility index (Phi) is 4.13. The van der Waals surface area contributed by atoms with Crippen LogP contribution in [-0.4, -0.2) is 9.78 Å². The normalized spacial score (nSPS) is 11.8. The fraction of sp³-hybridized carbons (Fsp3) is 0.357. The standard InChI is InChI=1S/C14H16F3N3/c1-10-12(9-20(2)19-10)8-18-7-11-3-5-13(6-4-11)14(15,16)17/h3-6,9,18H,7-8H2,1-2H3. The van der Waals surface area contributed by atoms with Gasteiger partial charge in [0.15, 0.2) is 0 Å². The zero-order chi connectivity index (χ0) is 14.8. The van der Waals surface area contributed by atoms with Gasteiger partial charge in [-0.1, -0.05) is 12.1 Å². The number of nitrogens with one attached hydrogen (secondary N) is 1. The molecule has 2 aromatic rings. The lowest BCUT2D eigenvalue weighted by atomic mass is 10.1. The highest BCUT2D eigenvalue weighted by atomic mass is 19.4. The molecule has 1 aromatic carbocycles. The summed E-state index contributed by atoms with van der Waals surface area (Å²) in [5.41, 5.74) is 2.23. The second-order valence-corrected chi connectivity index (χ2v) is 4.71. The van der Waals surface area contributed by atoms with Gasteiger partial charge in [0.25, 0.3) is 0 Å². The largest absolute Gasteiger partial charge is 0.416 e. The fourth-order valence-electron chi connectivity index (χ4n) is 1.98. The van der Waals surface area contributed by atoms with Crippen LogP contribution < -0.4 is 5.32 Å². The molecule has 0 amide bonds. The molecule has 108 valence electrons. The van der Waals surface area contributed by atoms with Crippen molar-refractivity contribution in [2.24, 2.45) is 7.05 Å². The van der Waals surface area contributed by atoms with Gasteiger partial charge in [-0.05, 0) is 24.6 Å². The van der Waals surface area contributed by atoms with Gasteiger partial charge in [-0.2, -0.15) is 18.3 Å². The summed E-state index contributed by atoms with van der Waals surface area (Å²) in [6, 6.07) is 5.19. The molecule has 0 aliphatic carbocycles. The monoisotopic (exact) mass is 283 g/mol. The van der Waals surface area contributed by atoms with E-state index in [0.717, 1.165) is 29.0 Å². The summed E-state index contributed by atoms with van der Waals surface area (Å²) in [4.78, 5) is 0. The lowest BCUT2D eigenvalue weighted by molar-refractivity contribution is -0.137. The summed E-state index contributed by atoms with van der Waals surface area (Å²) in [6.45, 7) is 3.09. The third kappa shape index (κ3) is 3.60. The lowest BCUT2D eigenvalue weighted by Gasteiger charge is -2.08. The lowest BCUT2D eigenvalue weighted by Crippen LogP contribution is -2.13. The smallest absolute Gasteiger partial charge is 0.308 e.